The Bertz CT molecular complexity index is 1520. The van der Waals surface area contributed by atoms with Gasteiger partial charge in [-0.1, -0.05) is 53.2 Å². The summed E-state index contributed by atoms with van der Waals surface area (Å²) in [7, 11) is 1.53. The number of carbonyl (C=O) groups excluding carboxylic acids is 1. The molecule has 8 N–H and O–H groups in total. The highest BCUT2D eigenvalue weighted by molar-refractivity contribution is 5.78. The van der Waals surface area contributed by atoms with E-state index < -0.39 is 91.6 Å². The third kappa shape index (κ3) is 6.52. The summed E-state index contributed by atoms with van der Waals surface area (Å²) < 4.78 is 29.3. The van der Waals surface area contributed by atoms with Crippen LogP contribution in [-0.4, -0.2) is 141 Å². The lowest BCUT2D eigenvalue weighted by Crippen LogP contribution is -2.67. The van der Waals surface area contributed by atoms with Crippen LogP contribution in [0.4, 0.5) is 0 Å². The Morgan fingerprint density at radius 1 is 0.737 bits per heavy atom. The van der Waals surface area contributed by atoms with Crippen LogP contribution < -0.4 is 0 Å². The fourth-order valence-electron chi connectivity index (χ4n) is 13.9. The van der Waals surface area contributed by atoms with E-state index in [2.05, 4.69) is 40.7 Å². The van der Waals surface area contributed by atoms with Crippen molar-refractivity contribution in [1.29, 1.82) is 0 Å². The maximum absolute atomic E-state index is 13.6. The maximum atomic E-state index is 13.6. The smallest absolute Gasteiger partial charge is 0.312 e. The third-order valence-electron chi connectivity index (χ3n) is 17.6. The SMILES string of the molecule is COC(=O)[C@]12CCC(C)(C)C[C@H]1C1=CC[C@@H]3[C@@]4(C)CC[C@H](O[C@@H]5O[C@H](CO)[C@@H](O[C@@H]6O[C@H](CO)[C@@H](O)[C@H](O)[C@H]6O)[C@H](O)[C@H]5O)[C@@](C)(CO)[C@@H]4CC[C@@]3(C)[C@]1(C)CC2. The molecule has 6 fully saturated rings. The normalized spacial score (nSPS) is 53.4. The minimum Gasteiger partial charge on any atom is -0.469 e. The zero-order chi connectivity index (χ0) is 41.7. The summed E-state index contributed by atoms with van der Waals surface area (Å²) in [4.78, 5) is 13.6. The number of allylic oxidation sites excluding steroid dienone is 2. The van der Waals surface area contributed by atoms with Crippen LogP contribution in [-0.2, 0) is 28.5 Å². The Balaban J connectivity index is 1.11. The predicted molar refractivity (Wildman–Crippen MR) is 204 cm³/mol. The van der Waals surface area contributed by atoms with E-state index in [1.807, 2.05) is 6.92 Å². The molecule has 0 spiro atoms. The van der Waals surface area contributed by atoms with Crippen molar-refractivity contribution in [3.05, 3.63) is 11.6 Å². The summed E-state index contributed by atoms with van der Waals surface area (Å²) >= 11 is 0. The average molecular weight is 811 g/mol. The van der Waals surface area contributed by atoms with Gasteiger partial charge in [0.15, 0.2) is 12.6 Å². The molecule has 0 radical (unpaired) electrons. The van der Waals surface area contributed by atoms with Crippen LogP contribution in [0.15, 0.2) is 11.6 Å². The summed E-state index contributed by atoms with van der Waals surface area (Å²) in [6, 6.07) is 0. The van der Waals surface area contributed by atoms with E-state index in [1.165, 1.54) is 12.7 Å². The maximum Gasteiger partial charge on any atom is 0.312 e. The molecule has 2 heterocycles. The molecule has 4 saturated carbocycles. The topological polar surface area (TPSA) is 225 Å². The van der Waals surface area contributed by atoms with Crippen LogP contribution in [0.2, 0.25) is 0 Å². The van der Waals surface area contributed by atoms with Gasteiger partial charge in [0.25, 0.3) is 0 Å². The van der Waals surface area contributed by atoms with Crippen LogP contribution in [0.5, 0.6) is 0 Å². The molecule has 326 valence electrons. The molecular weight excluding hydrogens is 740 g/mol. The minimum atomic E-state index is -1.76. The highest BCUT2D eigenvalue weighted by Crippen LogP contribution is 2.76. The first-order chi connectivity index (χ1) is 26.7. The van der Waals surface area contributed by atoms with Gasteiger partial charge >= 0.3 is 5.97 Å². The molecule has 0 bridgehead atoms. The van der Waals surface area contributed by atoms with E-state index >= 15 is 0 Å². The molecule has 7 rings (SSSR count). The Morgan fingerprint density at radius 2 is 1.37 bits per heavy atom. The van der Waals surface area contributed by atoms with Crippen molar-refractivity contribution < 1.29 is 69.3 Å². The molecule has 7 aliphatic rings. The zero-order valence-electron chi connectivity index (χ0n) is 34.9. The number of methoxy groups -OCH3 is 1. The number of fused-ring (bicyclic) bond motifs is 7. The van der Waals surface area contributed by atoms with Crippen molar-refractivity contribution in [1.82, 2.24) is 0 Å². The lowest BCUT2D eigenvalue weighted by Gasteiger charge is -2.71. The second kappa shape index (κ2) is 15.3. The number of carbonyl (C=O) groups is 1. The quantitative estimate of drug-likeness (QED) is 0.0998. The molecule has 57 heavy (non-hydrogen) atoms. The van der Waals surface area contributed by atoms with E-state index in [-0.39, 0.29) is 46.1 Å². The van der Waals surface area contributed by atoms with E-state index in [0.717, 1.165) is 57.8 Å². The van der Waals surface area contributed by atoms with Gasteiger partial charge in [-0.15, -0.1) is 0 Å². The first-order valence-corrected chi connectivity index (χ1v) is 21.4. The van der Waals surface area contributed by atoms with Gasteiger partial charge in [0.05, 0.1) is 38.4 Å². The summed E-state index contributed by atoms with van der Waals surface area (Å²) in [6.45, 7) is 12.5. The Morgan fingerprint density at radius 3 is 2.02 bits per heavy atom. The van der Waals surface area contributed by atoms with Crippen LogP contribution in [0, 0.1) is 50.2 Å². The summed E-state index contributed by atoms with van der Waals surface area (Å²) in [5.74, 6) is 0.444. The van der Waals surface area contributed by atoms with Gasteiger partial charge in [-0.2, -0.15) is 0 Å². The molecule has 0 aromatic heterocycles. The van der Waals surface area contributed by atoms with Crippen molar-refractivity contribution in [2.75, 3.05) is 26.9 Å². The van der Waals surface area contributed by atoms with Gasteiger partial charge < -0.3 is 64.5 Å². The Hall–Kier alpha value is -1.27. The van der Waals surface area contributed by atoms with Crippen LogP contribution in [0.3, 0.4) is 0 Å². The molecule has 0 unspecified atom stereocenters. The number of rotatable bonds is 8. The van der Waals surface area contributed by atoms with Crippen molar-refractivity contribution in [3.8, 4) is 0 Å². The summed E-state index contributed by atoms with van der Waals surface area (Å²) in [5.41, 5.74) is 0.0345. The Kier molecular flexibility index (Phi) is 11.7. The molecule has 5 aliphatic carbocycles. The van der Waals surface area contributed by atoms with Crippen LogP contribution >= 0.6 is 0 Å². The van der Waals surface area contributed by atoms with Crippen molar-refractivity contribution in [3.63, 3.8) is 0 Å². The molecule has 14 heteroatoms. The summed E-state index contributed by atoms with van der Waals surface area (Å²) in [6.07, 6.45) is -4.90. The van der Waals surface area contributed by atoms with E-state index in [0.29, 0.717) is 12.3 Å². The van der Waals surface area contributed by atoms with Crippen molar-refractivity contribution in [2.45, 2.75) is 173 Å². The second-order valence-electron chi connectivity index (χ2n) is 20.7. The zero-order valence-corrected chi connectivity index (χ0v) is 34.9. The largest absolute Gasteiger partial charge is 0.469 e. The number of ether oxygens (including phenoxy) is 5. The minimum absolute atomic E-state index is 0.0483. The number of hydrogen-bond acceptors (Lipinski definition) is 14. The monoisotopic (exact) mass is 810 g/mol. The second-order valence-corrected chi connectivity index (χ2v) is 20.7. The highest BCUT2D eigenvalue weighted by atomic mass is 16.7. The fraction of sp³-hybridized carbons (Fsp3) is 0.930. The van der Waals surface area contributed by atoms with Gasteiger partial charge in [0.2, 0.25) is 0 Å². The van der Waals surface area contributed by atoms with Gasteiger partial charge in [-0.3, -0.25) is 4.79 Å². The molecule has 14 nitrogen and oxygen atoms in total. The van der Waals surface area contributed by atoms with Crippen LogP contribution in [0.1, 0.15) is 106 Å². The third-order valence-corrected chi connectivity index (χ3v) is 17.6. The molecule has 2 saturated heterocycles. The number of aliphatic hydroxyl groups excluding tert-OH is 8. The number of esters is 1. The summed E-state index contributed by atoms with van der Waals surface area (Å²) in [5, 5.41) is 84.9. The molecule has 2 aliphatic heterocycles. The lowest BCUT2D eigenvalue weighted by molar-refractivity contribution is -0.369. The lowest BCUT2D eigenvalue weighted by atomic mass is 9.33. The van der Waals surface area contributed by atoms with E-state index in [4.69, 9.17) is 23.7 Å². The predicted octanol–water partition coefficient (Wildman–Crippen LogP) is 1.94. The molecule has 0 amide bonds. The van der Waals surface area contributed by atoms with Crippen LogP contribution in [0.25, 0.3) is 0 Å². The van der Waals surface area contributed by atoms with Crippen molar-refractivity contribution >= 4 is 5.97 Å². The Labute approximate surface area is 336 Å². The molecule has 0 aromatic rings. The number of aliphatic hydroxyl groups is 8. The molecule has 0 aromatic carbocycles. The van der Waals surface area contributed by atoms with E-state index in [9.17, 15) is 45.6 Å². The average Bonchev–Trinajstić information content (AvgIpc) is 3.18. The van der Waals surface area contributed by atoms with Gasteiger partial charge in [0, 0.05) is 5.41 Å². The first-order valence-electron chi connectivity index (χ1n) is 21.4. The van der Waals surface area contributed by atoms with Gasteiger partial charge in [-0.05, 0) is 104 Å². The molecule has 19 atom stereocenters. The van der Waals surface area contributed by atoms with Gasteiger partial charge in [-0.25, -0.2) is 0 Å². The standard InChI is InChI=1S/C43H70O14/c1-38(2)14-16-43(37(52)53-7)17-15-41(5)22(23(43)18-38)8-9-27-39(3)12-11-28(40(4,21-46)26(39)10-13-42(27,41)6)56-35-33(51)31(49)34(25(20-45)55-35)57-36-32(50)30(48)29(47)24(19-44)54-36/h8,23-36,44-51H,9-21H2,1-7H3/t23-,24+,25+,26+,27+,28-,29+,30-,31+,32+,33+,34+,35-,36-,39-,40-,41+,42+,43-/m0/s1. The van der Waals surface area contributed by atoms with E-state index in [1.54, 1.807) is 0 Å². The van der Waals surface area contributed by atoms with Crippen molar-refractivity contribution in [2.24, 2.45) is 50.2 Å². The molecular formula is C43H70O14. The first kappa shape index (κ1) is 43.8. The van der Waals surface area contributed by atoms with Gasteiger partial charge in [0.1, 0.15) is 48.8 Å². The highest BCUT2D eigenvalue weighted by Gasteiger charge is 2.70. The fourth-order valence-corrected chi connectivity index (χ4v) is 13.9. The number of hydrogen-bond donors (Lipinski definition) is 8.